The molecule has 1 aliphatic carbocycles. The van der Waals surface area contributed by atoms with Crippen LogP contribution in [0.25, 0.3) is 0 Å². The van der Waals surface area contributed by atoms with Crippen LogP contribution in [0.2, 0.25) is 0 Å². The predicted molar refractivity (Wildman–Crippen MR) is 69.6 cm³/mol. The highest BCUT2D eigenvalue weighted by Gasteiger charge is 2.29. The minimum atomic E-state index is 0.139. The molecule has 0 aromatic rings. The fraction of sp³-hybridized carbons (Fsp3) is 1.00. The zero-order valence-electron chi connectivity index (χ0n) is 11.3. The maximum absolute atomic E-state index is 9.60. The Labute approximate surface area is 101 Å². The summed E-state index contributed by atoms with van der Waals surface area (Å²) in [5.74, 6) is 0.935. The molecule has 0 radical (unpaired) electrons. The molecule has 0 heterocycles. The molecule has 96 valence electrons. The van der Waals surface area contributed by atoms with Crippen molar-refractivity contribution in [3.63, 3.8) is 0 Å². The Morgan fingerprint density at radius 3 is 2.12 bits per heavy atom. The van der Waals surface area contributed by atoms with Crippen molar-refractivity contribution in [2.45, 2.75) is 52.9 Å². The number of aliphatic hydroxyl groups is 1. The molecule has 1 N–H and O–H groups in total. The Morgan fingerprint density at radius 2 is 1.81 bits per heavy atom. The van der Waals surface area contributed by atoms with Gasteiger partial charge in [0.25, 0.3) is 0 Å². The summed E-state index contributed by atoms with van der Waals surface area (Å²) in [5, 5.41) is 9.60. The Bertz CT molecular complexity index is 177. The molecule has 0 saturated heterocycles. The maximum Gasteiger partial charge on any atom is 0.0499 e. The van der Waals surface area contributed by atoms with Gasteiger partial charge in [-0.15, -0.1) is 0 Å². The normalized spacial score (nSPS) is 17.8. The van der Waals surface area contributed by atoms with Gasteiger partial charge in [0.2, 0.25) is 0 Å². The quantitative estimate of drug-likeness (QED) is 0.689. The molecular weight excluding hydrogens is 198 g/mol. The Balaban J connectivity index is 2.45. The number of hydrogen-bond donors (Lipinski definition) is 1. The fourth-order valence-electron chi connectivity index (χ4n) is 2.57. The highest BCUT2D eigenvalue weighted by atomic mass is 16.3. The molecule has 0 aromatic carbocycles. The lowest BCUT2D eigenvalue weighted by Crippen LogP contribution is -2.42. The summed E-state index contributed by atoms with van der Waals surface area (Å²) in [7, 11) is 0. The fourth-order valence-corrected chi connectivity index (χ4v) is 2.57. The first-order valence-corrected chi connectivity index (χ1v) is 7.03. The van der Waals surface area contributed by atoms with Crippen LogP contribution in [0.4, 0.5) is 0 Å². The first kappa shape index (κ1) is 14.0. The molecule has 0 aliphatic heterocycles. The third-order valence-electron chi connectivity index (χ3n) is 4.58. The van der Waals surface area contributed by atoms with Crippen LogP contribution in [0, 0.1) is 11.3 Å². The minimum Gasteiger partial charge on any atom is -0.396 e. The van der Waals surface area contributed by atoms with Gasteiger partial charge in [0.1, 0.15) is 0 Å². The second-order valence-corrected chi connectivity index (χ2v) is 5.49. The van der Waals surface area contributed by atoms with Crippen molar-refractivity contribution in [2.75, 3.05) is 26.2 Å². The smallest absolute Gasteiger partial charge is 0.0499 e. The Kier molecular flexibility index (Phi) is 5.77. The van der Waals surface area contributed by atoms with Crippen LogP contribution in [0.5, 0.6) is 0 Å². The highest BCUT2D eigenvalue weighted by Crippen LogP contribution is 2.30. The maximum atomic E-state index is 9.60. The molecule has 2 heteroatoms. The first-order valence-electron chi connectivity index (χ1n) is 7.03. The van der Waals surface area contributed by atoms with Crippen LogP contribution < -0.4 is 0 Å². The van der Waals surface area contributed by atoms with Crippen LogP contribution in [0.3, 0.4) is 0 Å². The lowest BCUT2D eigenvalue weighted by molar-refractivity contribution is 0.0544. The predicted octanol–water partition coefficient (Wildman–Crippen LogP) is 2.91. The molecule has 0 unspecified atom stereocenters. The zero-order chi connectivity index (χ0) is 12.0. The average Bonchev–Trinajstić information content (AvgIpc) is 2.28. The van der Waals surface area contributed by atoms with Crippen molar-refractivity contribution in [1.82, 2.24) is 4.90 Å². The topological polar surface area (TPSA) is 23.5 Å². The van der Waals surface area contributed by atoms with E-state index in [9.17, 15) is 5.11 Å². The second kappa shape index (κ2) is 6.61. The zero-order valence-corrected chi connectivity index (χ0v) is 11.3. The third-order valence-corrected chi connectivity index (χ3v) is 4.58. The average molecular weight is 227 g/mol. The third kappa shape index (κ3) is 3.46. The van der Waals surface area contributed by atoms with Gasteiger partial charge in [-0.25, -0.2) is 0 Å². The van der Waals surface area contributed by atoms with Gasteiger partial charge in [0.05, 0.1) is 0 Å². The van der Waals surface area contributed by atoms with Crippen molar-refractivity contribution in [1.29, 1.82) is 0 Å². The van der Waals surface area contributed by atoms with Crippen LogP contribution in [-0.4, -0.2) is 36.2 Å². The second-order valence-electron chi connectivity index (χ2n) is 5.49. The molecule has 2 nitrogen and oxygen atoms in total. The van der Waals surface area contributed by atoms with E-state index in [1.54, 1.807) is 0 Å². The molecule has 0 atom stereocenters. The number of rotatable bonds is 8. The number of aliphatic hydroxyl groups excluding tert-OH is 1. The number of hydrogen-bond acceptors (Lipinski definition) is 2. The largest absolute Gasteiger partial charge is 0.396 e. The molecule has 16 heavy (non-hydrogen) atoms. The van der Waals surface area contributed by atoms with Crippen molar-refractivity contribution in [2.24, 2.45) is 11.3 Å². The minimum absolute atomic E-state index is 0.139. The van der Waals surface area contributed by atoms with E-state index in [4.69, 9.17) is 0 Å². The molecular formula is C14H29NO. The van der Waals surface area contributed by atoms with Gasteiger partial charge in [0, 0.05) is 25.1 Å². The van der Waals surface area contributed by atoms with Crippen LogP contribution in [0.1, 0.15) is 52.9 Å². The summed E-state index contributed by atoms with van der Waals surface area (Å²) in [6.07, 6.45) is 6.43. The lowest BCUT2D eigenvalue weighted by Gasteiger charge is -2.38. The van der Waals surface area contributed by atoms with Crippen LogP contribution in [0.15, 0.2) is 0 Å². The van der Waals surface area contributed by atoms with Gasteiger partial charge in [-0.2, -0.15) is 0 Å². The summed E-state index contributed by atoms with van der Waals surface area (Å²) in [6, 6.07) is 0. The summed E-state index contributed by atoms with van der Waals surface area (Å²) in [4.78, 5) is 2.55. The number of nitrogens with zero attached hydrogens (tertiary/aromatic N) is 1. The van der Waals surface area contributed by atoms with Crippen molar-refractivity contribution < 1.29 is 5.11 Å². The Hall–Kier alpha value is -0.0800. The van der Waals surface area contributed by atoms with Gasteiger partial charge in [-0.05, 0) is 38.1 Å². The monoisotopic (exact) mass is 227 g/mol. The molecule has 1 rings (SSSR count). The Morgan fingerprint density at radius 1 is 1.19 bits per heavy atom. The van der Waals surface area contributed by atoms with Crippen molar-refractivity contribution >= 4 is 0 Å². The standard InChI is InChI=1S/C14H29NO/c1-4-14(5-2,12-16)11-15(6-3)10-13-8-7-9-13/h13,16H,4-12H2,1-3H3. The van der Waals surface area contributed by atoms with E-state index in [1.165, 1.54) is 25.8 Å². The molecule has 1 aliphatic rings. The SMILES string of the molecule is CCN(CC1CCC1)CC(CC)(CC)CO. The van der Waals surface area contributed by atoms with Crippen molar-refractivity contribution in [3.05, 3.63) is 0 Å². The van der Waals surface area contributed by atoms with Crippen molar-refractivity contribution in [3.8, 4) is 0 Å². The van der Waals surface area contributed by atoms with Crippen LogP contribution in [-0.2, 0) is 0 Å². The van der Waals surface area contributed by atoms with Gasteiger partial charge < -0.3 is 10.0 Å². The molecule has 0 amide bonds. The van der Waals surface area contributed by atoms with E-state index < -0.39 is 0 Å². The van der Waals surface area contributed by atoms with E-state index in [2.05, 4.69) is 25.7 Å². The summed E-state index contributed by atoms with van der Waals surface area (Å²) in [5.41, 5.74) is 0.139. The van der Waals surface area contributed by atoms with Gasteiger partial charge in [-0.1, -0.05) is 27.2 Å². The van der Waals surface area contributed by atoms with Gasteiger partial charge in [0.15, 0.2) is 0 Å². The molecule has 1 saturated carbocycles. The van der Waals surface area contributed by atoms with Gasteiger partial charge in [-0.3, -0.25) is 0 Å². The molecule has 1 fully saturated rings. The summed E-state index contributed by atoms with van der Waals surface area (Å²) in [6.45, 7) is 10.4. The van der Waals surface area contributed by atoms with E-state index >= 15 is 0 Å². The molecule has 0 bridgehead atoms. The van der Waals surface area contributed by atoms with E-state index in [0.29, 0.717) is 6.61 Å². The van der Waals surface area contributed by atoms with Crippen LogP contribution >= 0.6 is 0 Å². The first-order chi connectivity index (χ1) is 7.69. The van der Waals surface area contributed by atoms with E-state index in [0.717, 1.165) is 31.8 Å². The van der Waals surface area contributed by atoms with E-state index in [1.807, 2.05) is 0 Å². The summed E-state index contributed by atoms with van der Waals surface area (Å²) >= 11 is 0. The van der Waals surface area contributed by atoms with E-state index in [-0.39, 0.29) is 5.41 Å². The highest BCUT2D eigenvalue weighted by molar-refractivity contribution is 4.82. The lowest BCUT2D eigenvalue weighted by atomic mass is 9.81. The van der Waals surface area contributed by atoms with Gasteiger partial charge >= 0.3 is 0 Å². The molecule has 0 spiro atoms. The molecule has 0 aromatic heterocycles. The summed E-state index contributed by atoms with van der Waals surface area (Å²) < 4.78 is 0.